The fraction of sp³-hybridized carbons (Fsp3) is 0.143. The van der Waals surface area contributed by atoms with Gasteiger partial charge in [0.15, 0.2) is 11.5 Å². The summed E-state index contributed by atoms with van der Waals surface area (Å²) < 4.78 is 9.86. The molecule has 0 aliphatic carbocycles. The van der Waals surface area contributed by atoms with E-state index in [1.807, 2.05) is 0 Å². The highest BCUT2D eigenvalue weighted by Gasteiger charge is 2.09. The molecule has 2 heterocycles. The molecule has 2 aromatic rings. The Morgan fingerprint density at radius 2 is 1.27 bits per heavy atom. The molecule has 22 heavy (non-hydrogen) atoms. The van der Waals surface area contributed by atoms with E-state index in [2.05, 4.69) is 21.1 Å². The van der Waals surface area contributed by atoms with Gasteiger partial charge in [0.1, 0.15) is 0 Å². The maximum Gasteiger partial charge on any atom is 0.307 e. The summed E-state index contributed by atoms with van der Waals surface area (Å²) in [6, 6.07) is 6.24. The smallest absolute Gasteiger partial charge is 0.307 e. The molecule has 0 saturated carbocycles. The van der Waals surface area contributed by atoms with E-state index in [0.29, 0.717) is 11.4 Å². The van der Waals surface area contributed by atoms with Crippen molar-refractivity contribution in [3.8, 4) is 0 Å². The summed E-state index contributed by atoms with van der Waals surface area (Å²) in [6.07, 6.45) is 2.78. The third kappa shape index (κ3) is 3.92. The van der Waals surface area contributed by atoms with Crippen LogP contribution in [0.2, 0.25) is 0 Å². The van der Waals surface area contributed by atoms with Crippen molar-refractivity contribution in [2.75, 3.05) is 0 Å². The Balaban J connectivity index is 1.91. The van der Waals surface area contributed by atoms with E-state index in [0.717, 1.165) is 0 Å². The molecule has 2 rings (SSSR count). The van der Waals surface area contributed by atoms with Gasteiger partial charge in [-0.2, -0.15) is 10.2 Å². The fourth-order valence-corrected chi connectivity index (χ4v) is 1.36. The quantitative estimate of drug-likeness (QED) is 0.648. The molecule has 0 atom stereocenters. The number of furan rings is 2. The first-order chi connectivity index (χ1) is 10.6. The number of hydrazone groups is 2. The van der Waals surface area contributed by atoms with Crippen LogP contribution in [-0.2, 0) is 0 Å². The second-order valence-corrected chi connectivity index (χ2v) is 4.23. The van der Waals surface area contributed by atoms with Crippen molar-refractivity contribution in [2.24, 2.45) is 10.2 Å². The van der Waals surface area contributed by atoms with Gasteiger partial charge in [-0.25, -0.2) is 10.9 Å². The SMILES string of the molecule is CC(=N\NC(=O)c1ccco1)/C(C)=N/NC(=O)c1ccco1. The molecule has 0 radical (unpaired) electrons. The summed E-state index contributed by atoms with van der Waals surface area (Å²) >= 11 is 0. The van der Waals surface area contributed by atoms with Crippen molar-refractivity contribution in [3.63, 3.8) is 0 Å². The topological polar surface area (TPSA) is 109 Å². The molecule has 0 aromatic carbocycles. The van der Waals surface area contributed by atoms with Crippen LogP contribution in [0.4, 0.5) is 0 Å². The molecule has 0 aliphatic heterocycles. The van der Waals surface area contributed by atoms with Crippen molar-refractivity contribution in [1.82, 2.24) is 10.9 Å². The molecule has 0 bridgehead atoms. The van der Waals surface area contributed by atoms with Crippen LogP contribution in [0.25, 0.3) is 0 Å². The largest absolute Gasteiger partial charge is 0.459 e. The zero-order chi connectivity index (χ0) is 15.9. The summed E-state index contributed by atoms with van der Waals surface area (Å²) in [6.45, 7) is 3.28. The van der Waals surface area contributed by atoms with Gasteiger partial charge in [-0.1, -0.05) is 0 Å². The molecule has 8 nitrogen and oxygen atoms in total. The van der Waals surface area contributed by atoms with Gasteiger partial charge in [0, 0.05) is 0 Å². The van der Waals surface area contributed by atoms with Gasteiger partial charge >= 0.3 is 11.8 Å². The maximum atomic E-state index is 11.6. The third-order valence-electron chi connectivity index (χ3n) is 2.66. The van der Waals surface area contributed by atoms with Gasteiger partial charge in [-0.05, 0) is 38.1 Å². The molecular formula is C14H14N4O4. The van der Waals surface area contributed by atoms with Crippen LogP contribution < -0.4 is 10.9 Å². The fourth-order valence-electron chi connectivity index (χ4n) is 1.36. The molecular weight excluding hydrogens is 288 g/mol. The Bertz CT molecular complexity index is 637. The summed E-state index contributed by atoms with van der Waals surface area (Å²) in [4.78, 5) is 23.2. The molecule has 0 spiro atoms. The Morgan fingerprint density at radius 3 is 1.59 bits per heavy atom. The predicted octanol–water partition coefficient (Wildman–Crippen LogP) is 1.78. The number of hydrogen-bond donors (Lipinski definition) is 2. The normalized spacial score (nSPS) is 12.1. The van der Waals surface area contributed by atoms with Crippen LogP contribution in [0.15, 0.2) is 55.8 Å². The van der Waals surface area contributed by atoms with Crippen LogP contribution in [0.5, 0.6) is 0 Å². The molecule has 114 valence electrons. The van der Waals surface area contributed by atoms with Crippen molar-refractivity contribution >= 4 is 23.2 Å². The van der Waals surface area contributed by atoms with Crippen molar-refractivity contribution in [1.29, 1.82) is 0 Å². The van der Waals surface area contributed by atoms with E-state index in [9.17, 15) is 9.59 Å². The number of carbonyl (C=O) groups is 2. The highest BCUT2D eigenvalue weighted by Crippen LogP contribution is 2.00. The van der Waals surface area contributed by atoms with Crippen LogP contribution >= 0.6 is 0 Å². The molecule has 0 aliphatic rings. The lowest BCUT2D eigenvalue weighted by molar-refractivity contribution is 0.0919. The zero-order valence-electron chi connectivity index (χ0n) is 12.0. The van der Waals surface area contributed by atoms with E-state index >= 15 is 0 Å². The highest BCUT2D eigenvalue weighted by molar-refractivity contribution is 6.40. The Hall–Kier alpha value is -3.16. The Labute approximate surface area is 125 Å². The average molecular weight is 302 g/mol. The number of amides is 2. The van der Waals surface area contributed by atoms with Crippen LogP contribution in [0, 0.1) is 0 Å². The van der Waals surface area contributed by atoms with E-state index in [-0.39, 0.29) is 11.5 Å². The number of nitrogens with one attached hydrogen (secondary N) is 2. The molecule has 0 saturated heterocycles. The molecule has 8 heteroatoms. The first kappa shape index (κ1) is 15.2. The van der Waals surface area contributed by atoms with E-state index in [1.165, 1.54) is 24.7 Å². The lowest BCUT2D eigenvalue weighted by atomic mass is 10.3. The zero-order valence-corrected chi connectivity index (χ0v) is 12.0. The standard InChI is InChI=1S/C14H14N4O4/c1-9(15-17-13(19)11-5-3-7-21-11)10(2)16-18-14(20)12-6-4-8-22-12/h3-8H,1-2H3,(H,17,19)(H,18,20)/b15-9+,16-10+. The van der Waals surface area contributed by atoms with Crippen LogP contribution in [0.1, 0.15) is 35.0 Å². The summed E-state index contributed by atoms with van der Waals surface area (Å²) in [5, 5.41) is 7.74. The number of hydrogen-bond acceptors (Lipinski definition) is 6. The Kier molecular flexibility index (Phi) is 4.86. The number of carbonyl (C=O) groups excluding carboxylic acids is 2. The third-order valence-corrected chi connectivity index (χ3v) is 2.66. The van der Waals surface area contributed by atoms with E-state index in [1.54, 1.807) is 26.0 Å². The number of nitrogens with zero attached hydrogens (tertiary/aromatic N) is 2. The first-order valence-electron chi connectivity index (χ1n) is 6.34. The van der Waals surface area contributed by atoms with Crippen molar-refractivity contribution < 1.29 is 18.4 Å². The monoisotopic (exact) mass is 302 g/mol. The highest BCUT2D eigenvalue weighted by atomic mass is 16.3. The minimum Gasteiger partial charge on any atom is -0.459 e. The predicted molar refractivity (Wildman–Crippen MR) is 78.6 cm³/mol. The van der Waals surface area contributed by atoms with Crippen LogP contribution in [0.3, 0.4) is 0 Å². The molecule has 2 amide bonds. The maximum absolute atomic E-state index is 11.6. The number of rotatable bonds is 5. The van der Waals surface area contributed by atoms with Gasteiger partial charge in [-0.15, -0.1) is 0 Å². The van der Waals surface area contributed by atoms with E-state index < -0.39 is 11.8 Å². The van der Waals surface area contributed by atoms with Crippen LogP contribution in [-0.4, -0.2) is 23.2 Å². The second kappa shape index (κ2) is 7.02. The molecule has 2 aromatic heterocycles. The average Bonchev–Trinajstić information content (AvgIpc) is 3.22. The Morgan fingerprint density at radius 1 is 0.864 bits per heavy atom. The van der Waals surface area contributed by atoms with Gasteiger partial charge < -0.3 is 8.83 Å². The lowest BCUT2D eigenvalue weighted by Crippen LogP contribution is -2.23. The van der Waals surface area contributed by atoms with Gasteiger partial charge in [-0.3, -0.25) is 9.59 Å². The van der Waals surface area contributed by atoms with Crippen molar-refractivity contribution in [3.05, 3.63) is 48.3 Å². The van der Waals surface area contributed by atoms with E-state index in [4.69, 9.17) is 8.83 Å². The first-order valence-corrected chi connectivity index (χ1v) is 6.34. The minimum absolute atomic E-state index is 0.150. The van der Waals surface area contributed by atoms with Gasteiger partial charge in [0.05, 0.1) is 23.9 Å². The molecule has 0 unspecified atom stereocenters. The van der Waals surface area contributed by atoms with Gasteiger partial charge in [0.2, 0.25) is 0 Å². The van der Waals surface area contributed by atoms with Gasteiger partial charge in [0.25, 0.3) is 0 Å². The summed E-state index contributed by atoms with van der Waals surface area (Å²) in [5.41, 5.74) is 5.51. The summed E-state index contributed by atoms with van der Waals surface area (Å²) in [7, 11) is 0. The second-order valence-electron chi connectivity index (χ2n) is 4.23. The minimum atomic E-state index is -0.475. The van der Waals surface area contributed by atoms with Crippen molar-refractivity contribution in [2.45, 2.75) is 13.8 Å². The lowest BCUT2D eigenvalue weighted by Gasteiger charge is -2.02. The molecule has 0 fully saturated rings. The summed E-state index contributed by atoms with van der Waals surface area (Å²) in [5.74, 6) is -0.650. The molecule has 2 N–H and O–H groups in total.